The van der Waals surface area contributed by atoms with E-state index in [0.717, 1.165) is 44.6 Å². The van der Waals surface area contributed by atoms with Crippen LogP contribution in [0.3, 0.4) is 0 Å². The Morgan fingerprint density at radius 2 is 1.88 bits per heavy atom. The minimum Gasteiger partial charge on any atom is -0.396 e. The molecule has 7 heteroatoms. The zero-order chi connectivity index (χ0) is 18.7. The second-order valence-electron chi connectivity index (χ2n) is 6.99. The molecule has 148 valence electrons. The van der Waals surface area contributed by atoms with Crippen molar-refractivity contribution in [2.45, 2.75) is 65.3 Å². The van der Waals surface area contributed by atoms with E-state index < -0.39 is 6.43 Å². The number of aliphatic hydroxyl groups excluding tert-OH is 1. The molecule has 0 aromatic heterocycles. The van der Waals surface area contributed by atoms with E-state index in [1.54, 1.807) is 0 Å². The smallest absolute Gasteiger partial charge is 0.251 e. The number of hydrogen-bond acceptors (Lipinski definition) is 3. The van der Waals surface area contributed by atoms with Gasteiger partial charge >= 0.3 is 0 Å². The Kier molecular flexibility index (Phi) is 10.3. The number of nitrogens with zero attached hydrogens (tertiary/aromatic N) is 2. The lowest BCUT2D eigenvalue weighted by molar-refractivity contribution is 0.0744. The van der Waals surface area contributed by atoms with Crippen LogP contribution in [0.25, 0.3) is 0 Å². The number of halogens is 2. The van der Waals surface area contributed by atoms with Gasteiger partial charge in [0.2, 0.25) is 0 Å². The molecule has 0 aromatic rings. The van der Waals surface area contributed by atoms with Crippen molar-refractivity contribution in [3.63, 3.8) is 0 Å². The summed E-state index contributed by atoms with van der Waals surface area (Å²) in [4.78, 5) is 6.58. The number of rotatable bonds is 10. The average molecular weight is 363 g/mol. The molecule has 0 amide bonds. The van der Waals surface area contributed by atoms with Gasteiger partial charge in [-0.1, -0.05) is 13.8 Å². The van der Waals surface area contributed by atoms with Gasteiger partial charge in [0.15, 0.2) is 5.96 Å². The monoisotopic (exact) mass is 362 g/mol. The highest BCUT2D eigenvalue weighted by Crippen LogP contribution is 2.30. The summed E-state index contributed by atoms with van der Waals surface area (Å²) in [5, 5.41) is 16.1. The number of piperidine rings is 1. The molecular weight excluding hydrogens is 326 g/mol. The molecule has 1 fully saturated rings. The lowest BCUT2D eigenvalue weighted by Crippen LogP contribution is -2.49. The van der Waals surface area contributed by atoms with E-state index in [-0.39, 0.29) is 24.6 Å². The first-order chi connectivity index (χ1) is 12.0. The van der Waals surface area contributed by atoms with Gasteiger partial charge in [0.05, 0.1) is 6.54 Å². The van der Waals surface area contributed by atoms with Crippen LogP contribution >= 0.6 is 0 Å². The van der Waals surface area contributed by atoms with E-state index in [9.17, 15) is 13.9 Å². The lowest BCUT2D eigenvalue weighted by Gasteiger charge is -2.33. The maximum atomic E-state index is 12.5. The van der Waals surface area contributed by atoms with E-state index in [2.05, 4.69) is 24.5 Å². The van der Waals surface area contributed by atoms with Gasteiger partial charge in [0.25, 0.3) is 6.43 Å². The van der Waals surface area contributed by atoms with E-state index in [1.165, 1.54) is 0 Å². The molecule has 1 saturated heterocycles. The number of alkyl halides is 2. The lowest BCUT2D eigenvalue weighted by atomic mass is 9.79. The maximum Gasteiger partial charge on any atom is 0.251 e. The van der Waals surface area contributed by atoms with E-state index in [0.29, 0.717) is 19.6 Å². The van der Waals surface area contributed by atoms with Gasteiger partial charge in [-0.15, -0.1) is 0 Å². The highest BCUT2D eigenvalue weighted by molar-refractivity contribution is 5.80. The summed E-state index contributed by atoms with van der Waals surface area (Å²) in [6, 6.07) is 0.266. The predicted octanol–water partition coefficient (Wildman–Crippen LogP) is 2.46. The van der Waals surface area contributed by atoms with Crippen molar-refractivity contribution in [1.29, 1.82) is 0 Å². The molecule has 1 aliphatic heterocycles. The Balaban J connectivity index is 2.59. The summed E-state index contributed by atoms with van der Waals surface area (Å²) in [6.45, 7) is 9.23. The average Bonchev–Trinajstić information content (AvgIpc) is 2.60. The second kappa shape index (κ2) is 11.6. The van der Waals surface area contributed by atoms with Gasteiger partial charge in [-0.05, 0) is 44.4 Å². The normalized spacial score (nSPS) is 18.0. The Hall–Kier alpha value is -0.950. The predicted molar refractivity (Wildman–Crippen MR) is 99.3 cm³/mol. The third kappa shape index (κ3) is 7.86. The van der Waals surface area contributed by atoms with Gasteiger partial charge in [-0.25, -0.2) is 8.78 Å². The first-order valence-electron chi connectivity index (χ1n) is 9.64. The van der Waals surface area contributed by atoms with Gasteiger partial charge in [0.1, 0.15) is 0 Å². The third-order valence-corrected chi connectivity index (χ3v) is 5.38. The minimum atomic E-state index is -2.26. The summed E-state index contributed by atoms with van der Waals surface area (Å²) in [5.74, 6) is 0.791. The highest BCUT2D eigenvalue weighted by atomic mass is 19.3. The highest BCUT2D eigenvalue weighted by Gasteiger charge is 2.26. The Morgan fingerprint density at radius 3 is 2.36 bits per heavy atom. The Bertz CT molecular complexity index is 381. The largest absolute Gasteiger partial charge is 0.396 e. The molecule has 1 heterocycles. The van der Waals surface area contributed by atoms with E-state index in [1.807, 2.05) is 11.8 Å². The van der Waals surface area contributed by atoms with Crippen molar-refractivity contribution < 1.29 is 13.9 Å². The summed E-state index contributed by atoms with van der Waals surface area (Å²) < 4.78 is 24.9. The number of nitrogens with one attached hydrogen (secondary N) is 2. The number of guanidine groups is 1. The first-order valence-corrected chi connectivity index (χ1v) is 9.64. The van der Waals surface area contributed by atoms with Crippen LogP contribution in [0.5, 0.6) is 0 Å². The van der Waals surface area contributed by atoms with Gasteiger partial charge < -0.3 is 15.7 Å². The van der Waals surface area contributed by atoms with Crippen molar-refractivity contribution >= 4 is 5.96 Å². The van der Waals surface area contributed by atoms with Gasteiger partial charge in [-0.3, -0.25) is 9.89 Å². The fraction of sp³-hybridized carbons (Fsp3) is 0.944. The van der Waals surface area contributed by atoms with Crippen LogP contribution in [0.15, 0.2) is 4.99 Å². The molecule has 0 unspecified atom stereocenters. The number of hydrogen-bond donors (Lipinski definition) is 3. The molecular formula is C18H36F2N4O. The van der Waals surface area contributed by atoms with Crippen molar-refractivity contribution in [3.05, 3.63) is 0 Å². The molecule has 1 rings (SSSR count). The van der Waals surface area contributed by atoms with Crippen LogP contribution in [-0.4, -0.2) is 67.8 Å². The molecule has 0 aromatic carbocycles. The summed E-state index contributed by atoms with van der Waals surface area (Å²) in [5.41, 5.74) is 0.0394. The molecule has 0 atom stereocenters. The Morgan fingerprint density at radius 1 is 1.24 bits per heavy atom. The number of aliphatic imine (C=N–C) groups is 1. The topological polar surface area (TPSA) is 59.9 Å². The zero-order valence-corrected chi connectivity index (χ0v) is 16.0. The van der Waals surface area contributed by atoms with E-state index in [4.69, 9.17) is 4.99 Å². The summed E-state index contributed by atoms with van der Waals surface area (Å²) in [6.07, 6.45) is 2.17. The molecule has 0 radical (unpaired) electrons. The van der Waals surface area contributed by atoms with Crippen molar-refractivity contribution in [1.82, 2.24) is 15.5 Å². The zero-order valence-electron chi connectivity index (χ0n) is 16.0. The van der Waals surface area contributed by atoms with Crippen molar-refractivity contribution in [3.8, 4) is 0 Å². The summed E-state index contributed by atoms with van der Waals surface area (Å²) in [7, 11) is 0. The van der Waals surface area contributed by atoms with Crippen LogP contribution in [0.1, 0.15) is 52.9 Å². The molecule has 0 spiro atoms. The molecule has 3 N–H and O–H groups in total. The standard InChI is InChI=1S/C18H36F2N4O/c1-4-18(5-2,9-12-25)14-22-17(21-6-3)23-15-7-10-24(11-8-15)13-16(19)20/h15-16,25H,4-14H2,1-3H3,(H2,21,22,23). The van der Waals surface area contributed by atoms with E-state index >= 15 is 0 Å². The fourth-order valence-electron chi connectivity index (χ4n) is 3.36. The van der Waals surface area contributed by atoms with Crippen molar-refractivity contribution in [2.75, 3.05) is 39.3 Å². The first kappa shape index (κ1) is 22.1. The van der Waals surface area contributed by atoms with Gasteiger partial charge in [0, 0.05) is 38.8 Å². The molecule has 0 aliphatic carbocycles. The molecule has 25 heavy (non-hydrogen) atoms. The number of likely N-dealkylation sites (tertiary alicyclic amines) is 1. The van der Waals surface area contributed by atoms with Gasteiger partial charge in [-0.2, -0.15) is 0 Å². The SMILES string of the molecule is CCNC(=NCC(CC)(CC)CCO)NC1CCN(CC(F)F)CC1. The fourth-order valence-corrected chi connectivity index (χ4v) is 3.36. The van der Waals surface area contributed by atoms with Crippen LogP contribution in [0.4, 0.5) is 8.78 Å². The molecule has 5 nitrogen and oxygen atoms in total. The van der Waals surface area contributed by atoms with Crippen LogP contribution < -0.4 is 10.6 Å². The minimum absolute atomic E-state index is 0.0394. The molecule has 1 aliphatic rings. The second-order valence-corrected chi connectivity index (χ2v) is 6.99. The summed E-state index contributed by atoms with van der Waals surface area (Å²) >= 11 is 0. The number of aliphatic hydroxyl groups is 1. The maximum absolute atomic E-state index is 12.5. The van der Waals surface area contributed by atoms with Crippen LogP contribution in [0.2, 0.25) is 0 Å². The quantitative estimate of drug-likeness (QED) is 0.413. The molecule has 0 bridgehead atoms. The van der Waals surface area contributed by atoms with Crippen LogP contribution in [-0.2, 0) is 0 Å². The van der Waals surface area contributed by atoms with Crippen LogP contribution in [0, 0.1) is 5.41 Å². The molecule has 0 saturated carbocycles. The Labute approximate surface area is 151 Å². The van der Waals surface area contributed by atoms with Crippen molar-refractivity contribution in [2.24, 2.45) is 10.4 Å². The third-order valence-electron chi connectivity index (χ3n) is 5.38.